The zero-order chi connectivity index (χ0) is 63.2. The topological polar surface area (TPSA) is 50.9 Å². The van der Waals surface area contributed by atoms with E-state index in [1.807, 2.05) is 113 Å². The number of pyridine rings is 1. The molecule has 0 atom stereocenters. The Morgan fingerprint density at radius 1 is 0.506 bits per heavy atom. The third-order valence-electron chi connectivity index (χ3n) is 14.4. The first-order valence-electron chi connectivity index (χ1n) is 31.4. The Hall–Kier alpha value is -7.13. The molecular formula is C72H72N3OPt-. The van der Waals surface area contributed by atoms with E-state index in [2.05, 4.69) is 113 Å². The Bertz CT molecular complexity index is 4150. The summed E-state index contributed by atoms with van der Waals surface area (Å²) in [6.45, 7) is 10.1. The number of nitrogens with zero attached hydrogens (tertiary/aromatic N) is 3. The molecule has 10 rings (SSSR count). The van der Waals surface area contributed by atoms with E-state index in [1.165, 1.54) is 12.1 Å². The molecule has 0 fully saturated rings. The number of aromatic nitrogens is 3. The fourth-order valence-corrected chi connectivity index (χ4v) is 10.0. The molecule has 0 aliphatic rings. The SMILES string of the molecule is [2H]C(C)(C)c1cc(-c2ccc(-n3c(-c4cc(C(C)(C)C)cc(C(C)(C)C)c4O)nc4c(-c5[c-]c(-c6cc(-c7ccc(C(C([2H])([2H])[2H])(C([2H])([2H])[2H])C([2H])([2H])[2H])cc7)ccn6)cc(-c6ccccc6)c5)cccc43)c(-c3ccccc3)c2)cc(C([2H])(C)C)c1.[Pt]. The first kappa shape index (κ1) is 42.0. The van der Waals surface area contributed by atoms with Crippen molar-refractivity contribution >= 4 is 11.0 Å². The number of aromatic hydroxyl groups is 1. The van der Waals surface area contributed by atoms with Crippen LogP contribution in [0.15, 0.2) is 182 Å². The summed E-state index contributed by atoms with van der Waals surface area (Å²) < 4.78 is 94.9. The van der Waals surface area contributed by atoms with E-state index in [-0.39, 0.29) is 37.8 Å². The predicted octanol–water partition coefficient (Wildman–Crippen LogP) is 19.7. The summed E-state index contributed by atoms with van der Waals surface area (Å²) in [5.41, 5.74) is 11.2. The van der Waals surface area contributed by atoms with Crippen LogP contribution < -0.4 is 0 Å². The molecule has 4 nitrogen and oxygen atoms in total. The van der Waals surface area contributed by atoms with Crippen LogP contribution in [0.1, 0.15) is 144 Å². The van der Waals surface area contributed by atoms with E-state index in [4.69, 9.17) is 25.0 Å². The van der Waals surface area contributed by atoms with Crippen molar-refractivity contribution in [1.82, 2.24) is 14.5 Å². The normalized spacial score (nSPS) is 15.0. The summed E-state index contributed by atoms with van der Waals surface area (Å²) in [6, 6.07) is 60.0. The van der Waals surface area contributed by atoms with Gasteiger partial charge in [0.1, 0.15) is 11.6 Å². The first-order chi connectivity index (χ1) is 40.5. The van der Waals surface area contributed by atoms with Crippen molar-refractivity contribution in [2.75, 3.05) is 0 Å². The number of imidazole rings is 1. The fraction of sp³-hybridized carbons (Fsp3) is 0.250. The van der Waals surface area contributed by atoms with Crippen LogP contribution in [0.4, 0.5) is 0 Å². The van der Waals surface area contributed by atoms with Crippen LogP contribution in [-0.2, 0) is 37.3 Å². The Labute approximate surface area is 488 Å². The Kier molecular flexibility index (Phi) is 11.6. The maximum absolute atomic E-state index is 12.8. The predicted molar refractivity (Wildman–Crippen MR) is 322 cm³/mol. The Morgan fingerprint density at radius 2 is 1.10 bits per heavy atom. The van der Waals surface area contributed by atoms with Crippen LogP contribution in [0.3, 0.4) is 0 Å². The molecule has 1 N–H and O–H groups in total. The van der Waals surface area contributed by atoms with Gasteiger partial charge in [-0.3, -0.25) is 9.55 Å². The maximum Gasteiger partial charge on any atom is 0.148 e. The zero-order valence-electron chi connectivity index (χ0n) is 56.4. The van der Waals surface area contributed by atoms with E-state index >= 15 is 0 Å². The number of benzene rings is 8. The molecule has 392 valence electrons. The van der Waals surface area contributed by atoms with Gasteiger partial charge in [-0.05, 0) is 114 Å². The molecule has 2 aromatic heterocycles. The molecule has 0 aliphatic heterocycles. The van der Waals surface area contributed by atoms with Crippen LogP contribution in [0.2, 0.25) is 0 Å². The largest absolute Gasteiger partial charge is 0.507 e. The Morgan fingerprint density at radius 3 is 1.73 bits per heavy atom. The number of hydrogen-bond acceptors (Lipinski definition) is 3. The van der Waals surface area contributed by atoms with E-state index in [0.717, 1.165) is 72.4 Å². The van der Waals surface area contributed by atoms with Crippen molar-refractivity contribution in [2.45, 2.75) is 118 Å². The standard InChI is InChI=1S/C72H72N3O.Pt/c1-45(2)52-35-53(46(3)4)37-55(36-52)50-29-32-65(61(41-50)49-23-18-15-19-24-49)75-66-26-20-25-60(67(66)74-69(75)62-43-59(71(8,9)10)44-63(68(62)76)72(11,12)13)56-38-54(47-21-16-14-17-22-47)39-57(40-56)64-42-51(33-34-73-64)48-27-30-58(31-28-48)70(5,6)7;/h14-39,41-46,76H,1-13H3;/q-1;/i5D3,6D3,7D3,45D,46D;. The number of hydrogen-bond donors (Lipinski definition) is 1. The number of rotatable bonds is 10. The zero-order valence-corrected chi connectivity index (χ0v) is 47.7. The van der Waals surface area contributed by atoms with Gasteiger partial charge < -0.3 is 5.11 Å². The van der Waals surface area contributed by atoms with Crippen molar-refractivity contribution in [3.63, 3.8) is 0 Å². The molecule has 77 heavy (non-hydrogen) atoms. The molecule has 0 aliphatic carbocycles. The van der Waals surface area contributed by atoms with Crippen LogP contribution in [-0.4, -0.2) is 19.6 Å². The number of phenolic OH excluding ortho intramolecular Hbond substituents is 1. The molecule has 10 aromatic rings. The summed E-state index contributed by atoms with van der Waals surface area (Å²) in [5, 5.41) is 12.8. The number of phenols is 1. The first-order valence-corrected chi connectivity index (χ1v) is 25.9. The second kappa shape index (κ2) is 21.4. The molecule has 0 unspecified atom stereocenters. The van der Waals surface area contributed by atoms with Gasteiger partial charge in [0.2, 0.25) is 0 Å². The monoisotopic (exact) mass is 1200 g/mol. The van der Waals surface area contributed by atoms with Gasteiger partial charge in [-0.15, -0.1) is 23.8 Å². The molecule has 0 spiro atoms. The molecule has 5 heteroatoms. The van der Waals surface area contributed by atoms with Gasteiger partial charge in [0.15, 0.2) is 0 Å². The summed E-state index contributed by atoms with van der Waals surface area (Å²) >= 11 is 0. The molecule has 0 amide bonds. The van der Waals surface area contributed by atoms with Crippen molar-refractivity contribution in [3.05, 3.63) is 216 Å². The summed E-state index contributed by atoms with van der Waals surface area (Å²) in [7, 11) is 0. The van der Waals surface area contributed by atoms with Crippen LogP contribution in [0, 0.1) is 6.07 Å². The molecule has 8 aromatic carbocycles. The smallest absolute Gasteiger partial charge is 0.148 e. The second-order valence-electron chi connectivity index (χ2n) is 22.6. The van der Waals surface area contributed by atoms with Gasteiger partial charge in [-0.2, -0.15) is 0 Å². The van der Waals surface area contributed by atoms with Gasteiger partial charge in [0, 0.05) is 59.2 Å². The number of fused-ring (bicyclic) bond motifs is 1. The summed E-state index contributed by atoms with van der Waals surface area (Å²) in [6.07, 6.45) is 1.65. The molecule has 0 bridgehead atoms. The fourth-order valence-electron chi connectivity index (χ4n) is 10.0. The van der Waals surface area contributed by atoms with E-state index in [0.29, 0.717) is 44.9 Å². The van der Waals surface area contributed by atoms with Gasteiger partial charge in [0.25, 0.3) is 0 Å². The molecule has 2 heterocycles. The van der Waals surface area contributed by atoms with Gasteiger partial charge in [-0.25, -0.2) is 4.98 Å². The van der Waals surface area contributed by atoms with Crippen molar-refractivity contribution in [2.24, 2.45) is 0 Å². The molecule has 0 radical (unpaired) electrons. The number of para-hydroxylation sites is 1. The van der Waals surface area contributed by atoms with E-state index in [1.54, 1.807) is 24.4 Å². The quantitative estimate of drug-likeness (QED) is 0.139. The minimum absolute atomic E-state index is 0. The maximum atomic E-state index is 12.8. The average molecular weight is 1200 g/mol. The third kappa shape index (κ3) is 11.2. The van der Waals surface area contributed by atoms with Crippen LogP contribution >= 0.6 is 0 Å². The van der Waals surface area contributed by atoms with Crippen molar-refractivity contribution < 1.29 is 41.3 Å². The van der Waals surface area contributed by atoms with E-state index in [9.17, 15) is 5.11 Å². The van der Waals surface area contributed by atoms with Gasteiger partial charge in [-0.1, -0.05) is 240 Å². The minimum Gasteiger partial charge on any atom is -0.507 e. The van der Waals surface area contributed by atoms with E-state index < -0.39 is 43.2 Å². The van der Waals surface area contributed by atoms with Crippen LogP contribution in [0.25, 0.3) is 95.0 Å². The minimum atomic E-state index is -3.40. The van der Waals surface area contributed by atoms with Crippen molar-refractivity contribution in [1.29, 1.82) is 0 Å². The summed E-state index contributed by atoms with van der Waals surface area (Å²) in [5.74, 6) is -1.22. The van der Waals surface area contributed by atoms with Crippen molar-refractivity contribution in [3.8, 4) is 89.7 Å². The molecule has 0 saturated carbocycles. The second-order valence-corrected chi connectivity index (χ2v) is 22.6. The molecular weight excluding hydrogens is 1120 g/mol. The average Bonchev–Trinajstić information content (AvgIpc) is 1.21. The van der Waals surface area contributed by atoms with Gasteiger partial charge >= 0.3 is 0 Å². The summed E-state index contributed by atoms with van der Waals surface area (Å²) in [4.78, 5) is 10.5. The van der Waals surface area contributed by atoms with Gasteiger partial charge in [0.05, 0.1) is 22.3 Å². The Balaban J connectivity index is 0.00000922. The van der Waals surface area contributed by atoms with Crippen LogP contribution in [0.5, 0.6) is 5.75 Å². The third-order valence-corrected chi connectivity index (χ3v) is 14.4. The molecule has 0 saturated heterocycles.